The number of rotatable bonds is 2. The van der Waals surface area contributed by atoms with Crippen LogP contribution in [0.5, 0.6) is 0 Å². The fourth-order valence-corrected chi connectivity index (χ4v) is 4.15. The van der Waals surface area contributed by atoms with E-state index in [2.05, 4.69) is 11.4 Å². The van der Waals surface area contributed by atoms with Gasteiger partial charge in [0.05, 0.1) is 23.0 Å². The van der Waals surface area contributed by atoms with Crippen molar-refractivity contribution in [2.75, 3.05) is 5.32 Å². The van der Waals surface area contributed by atoms with Gasteiger partial charge in [0.25, 0.3) is 0 Å². The molecule has 118 valence electrons. The standard InChI is InChI=1S/C19H20N2O2/c1-11-5-10-16-18(20-11)15-4-2-3-14(15)17(21-16)12-6-8-13(9-7-12)19(22)23/h5-10,14-15,17,21H,2-4H2,1H3,(H,22,23)/t14-,15+,17-/m0/s1. The molecule has 4 nitrogen and oxygen atoms in total. The summed E-state index contributed by atoms with van der Waals surface area (Å²) in [7, 11) is 0. The maximum Gasteiger partial charge on any atom is 0.335 e. The van der Waals surface area contributed by atoms with Crippen molar-refractivity contribution in [3.05, 3.63) is 58.9 Å². The van der Waals surface area contributed by atoms with Gasteiger partial charge < -0.3 is 10.4 Å². The van der Waals surface area contributed by atoms with Crippen LogP contribution in [0.4, 0.5) is 5.69 Å². The fourth-order valence-electron chi connectivity index (χ4n) is 4.15. The average Bonchev–Trinajstić information content (AvgIpc) is 3.04. The summed E-state index contributed by atoms with van der Waals surface area (Å²) in [5, 5.41) is 12.7. The molecule has 1 aromatic carbocycles. The van der Waals surface area contributed by atoms with Crippen LogP contribution in [0, 0.1) is 12.8 Å². The first-order valence-corrected chi connectivity index (χ1v) is 8.21. The zero-order valence-corrected chi connectivity index (χ0v) is 13.1. The van der Waals surface area contributed by atoms with E-state index in [1.807, 2.05) is 25.1 Å². The van der Waals surface area contributed by atoms with Gasteiger partial charge in [-0.2, -0.15) is 0 Å². The van der Waals surface area contributed by atoms with Gasteiger partial charge in [-0.3, -0.25) is 4.98 Å². The lowest BCUT2D eigenvalue weighted by Gasteiger charge is -2.37. The molecule has 0 radical (unpaired) electrons. The minimum atomic E-state index is -0.878. The molecule has 1 aromatic heterocycles. The first kappa shape index (κ1) is 14.2. The van der Waals surface area contributed by atoms with Gasteiger partial charge in [-0.25, -0.2) is 4.79 Å². The molecule has 1 aliphatic heterocycles. The van der Waals surface area contributed by atoms with Crippen LogP contribution in [0.3, 0.4) is 0 Å². The van der Waals surface area contributed by atoms with E-state index in [-0.39, 0.29) is 6.04 Å². The number of anilines is 1. The second-order valence-corrected chi connectivity index (χ2v) is 6.64. The molecule has 0 unspecified atom stereocenters. The maximum atomic E-state index is 11.0. The number of hydrogen-bond donors (Lipinski definition) is 2. The molecule has 0 bridgehead atoms. The third-order valence-corrected chi connectivity index (χ3v) is 5.24. The van der Waals surface area contributed by atoms with Crippen molar-refractivity contribution in [1.82, 2.24) is 4.98 Å². The van der Waals surface area contributed by atoms with Gasteiger partial charge in [-0.15, -0.1) is 0 Å². The van der Waals surface area contributed by atoms with Crippen molar-refractivity contribution in [2.45, 2.75) is 38.1 Å². The molecule has 0 amide bonds. The van der Waals surface area contributed by atoms with Crippen LogP contribution in [-0.4, -0.2) is 16.1 Å². The largest absolute Gasteiger partial charge is 0.478 e. The van der Waals surface area contributed by atoms with E-state index in [4.69, 9.17) is 10.1 Å². The minimum Gasteiger partial charge on any atom is -0.478 e. The Bertz CT molecular complexity index is 754. The normalized spacial score (nSPS) is 25.3. The number of carboxylic acid groups (broad SMARTS) is 1. The molecule has 0 saturated heterocycles. The lowest BCUT2D eigenvalue weighted by Crippen LogP contribution is -2.29. The number of aromatic nitrogens is 1. The highest BCUT2D eigenvalue weighted by Crippen LogP contribution is 2.51. The maximum absolute atomic E-state index is 11.0. The van der Waals surface area contributed by atoms with E-state index >= 15 is 0 Å². The van der Waals surface area contributed by atoms with Gasteiger partial charge in [0.15, 0.2) is 0 Å². The van der Waals surface area contributed by atoms with Crippen molar-refractivity contribution in [3.8, 4) is 0 Å². The predicted molar refractivity (Wildman–Crippen MR) is 88.8 cm³/mol. The molecule has 23 heavy (non-hydrogen) atoms. The van der Waals surface area contributed by atoms with Crippen LogP contribution in [0.25, 0.3) is 0 Å². The van der Waals surface area contributed by atoms with Crippen molar-refractivity contribution >= 4 is 11.7 Å². The summed E-state index contributed by atoms with van der Waals surface area (Å²) in [5.74, 6) is 0.166. The molecule has 4 rings (SSSR count). The molecule has 2 aliphatic rings. The Morgan fingerprint density at radius 1 is 1.17 bits per heavy atom. The second kappa shape index (κ2) is 5.37. The Kier molecular flexibility index (Phi) is 3.33. The lowest BCUT2D eigenvalue weighted by molar-refractivity contribution is 0.0697. The van der Waals surface area contributed by atoms with Crippen LogP contribution in [0.2, 0.25) is 0 Å². The van der Waals surface area contributed by atoms with Crippen LogP contribution < -0.4 is 5.32 Å². The third-order valence-electron chi connectivity index (χ3n) is 5.24. The van der Waals surface area contributed by atoms with Crippen molar-refractivity contribution < 1.29 is 9.90 Å². The van der Waals surface area contributed by atoms with E-state index < -0.39 is 5.97 Å². The Morgan fingerprint density at radius 2 is 1.96 bits per heavy atom. The number of carbonyl (C=O) groups is 1. The Hall–Kier alpha value is -2.36. The molecule has 2 N–H and O–H groups in total. The summed E-state index contributed by atoms with van der Waals surface area (Å²) >= 11 is 0. The molecule has 2 aromatic rings. The Labute approximate surface area is 135 Å². The third kappa shape index (κ3) is 2.38. The van der Waals surface area contributed by atoms with Crippen LogP contribution in [-0.2, 0) is 0 Å². The van der Waals surface area contributed by atoms with Gasteiger partial charge in [0.2, 0.25) is 0 Å². The number of aromatic carboxylic acids is 1. The molecule has 1 fully saturated rings. The molecule has 2 heterocycles. The highest BCUT2D eigenvalue weighted by Gasteiger charge is 2.41. The molecule has 4 heteroatoms. The fraction of sp³-hybridized carbons (Fsp3) is 0.368. The topological polar surface area (TPSA) is 62.2 Å². The summed E-state index contributed by atoms with van der Waals surface area (Å²) in [5.41, 5.74) is 4.92. The Morgan fingerprint density at radius 3 is 2.70 bits per heavy atom. The number of carboxylic acids is 1. The van der Waals surface area contributed by atoms with Crippen LogP contribution in [0.15, 0.2) is 36.4 Å². The highest BCUT2D eigenvalue weighted by atomic mass is 16.4. The van der Waals surface area contributed by atoms with E-state index in [1.165, 1.54) is 25.0 Å². The van der Waals surface area contributed by atoms with Gasteiger partial charge in [0, 0.05) is 11.6 Å². The SMILES string of the molecule is Cc1ccc2c(n1)[C@@H]1CCC[C@@H]1[C@H](c1ccc(C(=O)O)cc1)N2. The molecule has 1 aliphatic carbocycles. The number of benzene rings is 1. The van der Waals surface area contributed by atoms with Gasteiger partial charge in [-0.1, -0.05) is 18.6 Å². The molecular formula is C19H20N2O2. The van der Waals surface area contributed by atoms with Crippen LogP contribution in [0.1, 0.15) is 58.5 Å². The van der Waals surface area contributed by atoms with Crippen LogP contribution >= 0.6 is 0 Å². The first-order chi connectivity index (χ1) is 11.1. The highest BCUT2D eigenvalue weighted by molar-refractivity contribution is 5.87. The van der Waals surface area contributed by atoms with E-state index in [0.29, 0.717) is 17.4 Å². The summed E-state index contributed by atoms with van der Waals surface area (Å²) in [6.07, 6.45) is 3.62. The monoisotopic (exact) mass is 308 g/mol. The van der Waals surface area contributed by atoms with E-state index in [1.54, 1.807) is 12.1 Å². The number of nitrogens with one attached hydrogen (secondary N) is 1. The van der Waals surface area contributed by atoms with Crippen molar-refractivity contribution in [3.63, 3.8) is 0 Å². The van der Waals surface area contributed by atoms with Gasteiger partial charge in [-0.05, 0) is 55.5 Å². The number of nitrogens with zero attached hydrogens (tertiary/aromatic N) is 1. The zero-order valence-electron chi connectivity index (χ0n) is 13.1. The quantitative estimate of drug-likeness (QED) is 0.875. The summed E-state index contributed by atoms with van der Waals surface area (Å²) in [4.78, 5) is 15.8. The second-order valence-electron chi connectivity index (χ2n) is 6.64. The predicted octanol–water partition coefficient (Wildman–Crippen LogP) is 4.14. The van der Waals surface area contributed by atoms with Crippen molar-refractivity contribution in [2.24, 2.45) is 5.92 Å². The number of hydrogen-bond acceptors (Lipinski definition) is 3. The summed E-state index contributed by atoms with van der Waals surface area (Å²) in [6, 6.07) is 11.7. The lowest BCUT2D eigenvalue weighted by atomic mass is 9.79. The minimum absolute atomic E-state index is 0.238. The summed E-state index contributed by atoms with van der Waals surface area (Å²) < 4.78 is 0. The van der Waals surface area contributed by atoms with Gasteiger partial charge in [0.1, 0.15) is 0 Å². The number of aryl methyl sites for hydroxylation is 1. The molecule has 3 atom stereocenters. The molecule has 0 spiro atoms. The number of fused-ring (bicyclic) bond motifs is 3. The molecular weight excluding hydrogens is 288 g/mol. The number of pyridine rings is 1. The van der Waals surface area contributed by atoms with E-state index in [9.17, 15) is 4.79 Å². The Balaban J connectivity index is 1.72. The van der Waals surface area contributed by atoms with Crippen molar-refractivity contribution in [1.29, 1.82) is 0 Å². The van der Waals surface area contributed by atoms with Gasteiger partial charge >= 0.3 is 5.97 Å². The average molecular weight is 308 g/mol. The zero-order chi connectivity index (χ0) is 16.0. The summed E-state index contributed by atoms with van der Waals surface area (Å²) in [6.45, 7) is 2.04. The smallest absolute Gasteiger partial charge is 0.335 e. The van der Waals surface area contributed by atoms with E-state index in [0.717, 1.165) is 16.9 Å². The first-order valence-electron chi connectivity index (χ1n) is 8.21. The molecule has 1 saturated carbocycles.